The second-order valence-electron chi connectivity index (χ2n) is 9.97. The van der Waals surface area contributed by atoms with Crippen molar-refractivity contribution in [3.05, 3.63) is 78.9 Å². The summed E-state index contributed by atoms with van der Waals surface area (Å²) >= 11 is 0. The molecule has 0 atom stereocenters. The summed E-state index contributed by atoms with van der Waals surface area (Å²) in [7, 11) is 0. The Kier molecular flexibility index (Phi) is 7.96. The third-order valence-corrected chi connectivity index (χ3v) is 7.12. The van der Waals surface area contributed by atoms with Crippen molar-refractivity contribution in [3.63, 3.8) is 0 Å². The van der Waals surface area contributed by atoms with Crippen LogP contribution < -0.4 is 0 Å². The molecular formula is C29H33FN8O2. The van der Waals surface area contributed by atoms with Crippen molar-refractivity contribution < 1.29 is 13.9 Å². The van der Waals surface area contributed by atoms with Crippen LogP contribution in [0.5, 0.6) is 0 Å². The molecule has 5 heterocycles. The molecule has 4 aromatic heterocycles. The molecule has 0 amide bonds. The van der Waals surface area contributed by atoms with Crippen LogP contribution in [-0.2, 0) is 22.7 Å². The first kappa shape index (κ1) is 26.3. The third-order valence-electron chi connectivity index (χ3n) is 7.12. The Morgan fingerprint density at radius 3 is 2.40 bits per heavy atom. The maximum absolute atomic E-state index is 13.6. The van der Waals surface area contributed by atoms with Crippen molar-refractivity contribution >= 4 is 11.0 Å². The van der Waals surface area contributed by atoms with E-state index in [9.17, 15) is 4.39 Å². The highest BCUT2D eigenvalue weighted by Gasteiger charge is 2.17. The number of pyridine rings is 1. The van der Waals surface area contributed by atoms with E-state index in [2.05, 4.69) is 36.0 Å². The van der Waals surface area contributed by atoms with Crippen molar-refractivity contribution in [1.29, 1.82) is 0 Å². The number of ether oxygens (including phenoxy) is 2. The number of nitrogens with one attached hydrogen (secondary N) is 1. The van der Waals surface area contributed by atoms with E-state index >= 15 is 0 Å². The van der Waals surface area contributed by atoms with Gasteiger partial charge in [-0.2, -0.15) is 10.2 Å². The Balaban J connectivity index is 1.08. The molecule has 1 N–H and O–H groups in total. The van der Waals surface area contributed by atoms with Crippen LogP contribution in [0.25, 0.3) is 33.3 Å². The standard InChI is InChI=1S/C29H33FN8O2/c1-2-39-19-35-6-8-36(9-7-35)20-40-21-38-17-24(13-34-38)23-11-27-28(15-32-29(27)31-12-23)25-14-33-37(18-25)16-22-4-3-5-26(30)10-22/h3-5,10-15,17-18H,2,6-9,16,19-21H2,1H3,(H,31,32). The minimum absolute atomic E-state index is 0.248. The minimum atomic E-state index is -0.248. The normalized spacial score (nSPS) is 14.8. The minimum Gasteiger partial charge on any atom is -0.366 e. The summed E-state index contributed by atoms with van der Waals surface area (Å²) in [6, 6.07) is 8.69. The van der Waals surface area contributed by atoms with Gasteiger partial charge in [0.05, 0.1) is 25.7 Å². The highest BCUT2D eigenvalue weighted by atomic mass is 19.1. The summed E-state index contributed by atoms with van der Waals surface area (Å²) < 4.78 is 28.6. The number of benzene rings is 1. The van der Waals surface area contributed by atoms with Crippen LogP contribution in [0, 0.1) is 5.82 Å². The van der Waals surface area contributed by atoms with Crippen molar-refractivity contribution in [3.8, 4) is 22.3 Å². The lowest BCUT2D eigenvalue weighted by atomic mass is 10.1. The monoisotopic (exact) mass is 544 g/mol. The first-order valence-electron chi connectivity index (χ1n) is 13.5. The average Bonchev–Trinajstić information content (AvgIpc) is 3.72. The number of nitrogens with zero attached hydrogens (tertiary/aromatic N) is 7. The van der Waals surface area contributed by atoms with Crippen LogP contribution in [0.2, 0.25) is 0 Å². The number of hydrogen-bond acceptors (Lipinski definition) is 7. The summed E-state index contributed by atoms with van der Waals surface area (Å²) in [5.41, 5.74) is 5.57. The van der Waals surface area contributed by atoms with Crippen LogP contribution in [0.1, 0.15) is 12.5 Å². The summed E-state index contributed by atoms with van der Waals surface area (Å²) in [6.07, 6.45) is 11.4. The number of hydrogen-bond donors (Lipinski definition) is 1. The number of rotatable bonds is 11. The van der Waals surface area contributed by atoms with Gasteiger partial charge in [0.2, 0.25) is 0 Å². The van der Waals surface area contributed by atoms with E-state index in [4.69, 9.17) is 9.47 Å². The molecule has 40 heavy (non-hydrogen) atoms. The average molecular weight is 545 g/mol. The molecule has 1 fully saturated rings. The molecule has 0 saturated carbocycles. The number of H-pyrrole nitrogens is 1. The molecule has 10 nitrogen and oxygen atoms in total. The summed E-state index contributed by atoms with van der Waals surface area (Å²) in [6.45, 7) is 8.82. The first-order chi connectivity index (χ1) is 19.6. The summed E-state index contributed by atoms with van der Waals surface area (Å²) in [5.74, 6) is -0.248. The maximum atomic E-state index is 13.6. The quantitative estimate of drug-likeness (QED) is 0.269. The van der Waals surface area contributed by atoms with E-state index < -0.39 is 0 Å². The van der Waals surface area contributed by atoms with Gasteiger partial charge in [-0.3, -0.25) is 14.5 Å². The fraction of sp³-hybridized carbons (Fsp3) is 0.345. The van der Waals surface area contributed by atoms with E-state index in [1.807, 2.05) is 54.9 Å². The zero-order valence-corrected chi connectivity index (χ0v) is 22.5. The Bertz CT molecular complexity index is 1550. The molecule has 208 valence electrons. The molecule has 1 aliphatic heterocycles. The van der Waals surface area contributed by atoms with Crippen molar-refractivity contribution in [2.45, 2.75) is 20.2 Å². The van der Waals surface area contributed by atoms with Crippen molar-refractivity contribution in [2.24, 2.45) is 0 Å². The van der Waals surface area contributed by atoms with Gasteiger partial charge in [-0.1, -0.05) is 12.1 Å². The van der Waals surface area contributed by atoms with Gasteiger partial charge in [0.15, 0.2) is 0 Å². The molecule has 1 aromatic carbocycles. The van der Waals surface area contributed by atoms with Crippen LogP contribution >= 0.6 is 0 Å². The topological polar surface area (TPSA) is 89.3 Å². The smallest absolute Gasteiger partial charge is 0.141 e. The Hall–Kier alpha value is -3.90. The number of fused-ring (bicyclic) bond motifs is 1. The zero-order chi connectivity index (χ0) is 27.3. The molecule has 6 rings (SSSR count). The van der Waals surface area contributed by atoms with Gasteiger partial charge in [0.25, 0.3) is 0 Å². The van der Waals surface area contributed by atoms with Crippen molar-refractivity contribution in [1.82, 2.24) is 39.3 Å². The SMILES string of the molecule is CCOCN1CCN(COCn2cc(-c3cnc4[nH]cc(-c5cnn(Cc6cccc(F)c6)c5)c4c3)cn2)CC1. The van der Waals surface area contributed by atoms with Gasteiger partial charge in [-0.05, 0) is 30.7 Å². The summed E-state index contributed by atoms with van der Waals surface area (Å²) in [5, 5.41) is 9.97. The molecule has 0 aliphatic carbocycles. The molecular weight excluding hydrogens is 511 g/mol. The van der Waals surface area contributed by atoms with Gasteiger partial charge < -0.3 is 14.5 Å². The van der Waals surface area contributed by atoms with E-state index in [1.165, 1.54) is 12.1 Å². The van der Waals surface area contributed by atoms with Crippen LogP contribution in [0.4, 0.5) is 4.39 Å². The van der Waals surface area contributed by atoms with Gasteiger partial charge in [0.1, 0.15) is 24.9 Å². The largest absolute Gasteiger partial charge is 0.366 e. The molecule has 5 aromatic rings. The lowest BCUT2D eigenvalue weighted by Crippen LogP contribution is -2.47. The van der Waals surface area contributed by atoms with E-state index in [1.54, 1.807) is 10.7 Å². The van der Waals surface area contributed by atoms with Crippen LogP contribution in [-0.4, -0.2) is 85.6 Å². The number of halogens is 1. The van der Waals surface area contributed by atoms with Gasteiger partial charge >= 0.3 is 0 Å². The predicted octanol–water partition coefficient (Wildman–Crippen LogP) is 4.02. The molecule has 1 saturated heterocycles. The molecule has 1 aliphatic rings. The first-order valence-corrected chi connectivity index (χ1v) is 13.5. The van der Waals surface area contributed by atoms with E-state index in [0.717, 1.165) is 71.6 Å². The van der Waals surface area contributed by atoms with Crippen LogP contribution in [0.3, 0.4) is 0 Å². The second kappa shape index (κ2) is 12.1. The number of aromatic amines is 1. The molecule has 0 unspecified atom stereocenters. The van der Waals surface area contributed by atoms with Crippen LogP contribution in [0.15, 0.2) is 67.5 Å². The fourth-order valence-corrected chi connectivity index (χ4v) is 4.93. The Labute approximate surface area is 231 Å². The zero-order valence-electron chi connectivity index (χ0n) is 22.5. The highest BCUT2D eigenvalue weighted by Crippen LogP contribution is 2.30. The fourth-order valence-electron chi connectivity index (χ4n) is 4.93. The van der Waals surface area contributed by atoms with Crippen molar-refractivity contribution in [2.75, 3.05) is 46.2 Å². The lowest BCUT2D eigenvalue weighted by molar-refractivity contribution is -0.0482. The molecule has 0 bridgehead atoms. The van der Waals surface area contributed by atoms with Gasteiger partial charge in [-0.15, -0.1) is 0 Å². The lowest BCUT2D eigenvalue weighted by Gasteiger charge is -2.33. The predicted molar refractivity (Wildman–Crippen MR) is 150 cm³/mol. The Morgan fingerprint density at radius 1 is 0.850 bits per heavy atom. The number of aromatic nitrogens is 6. The molecule has 11 heteroatoms. The Morgan fingerprint density at radius 2 is 1.60 bits per heavy atom. The van der Waals surface area contributed by atoms with E-state index in [0.29, 0.717) is 26.7 Å². The van der Waals surface area contributed by atoms with E-state index in [-0.39, 0.29) is 5.82 Å². The van der Waals surface area contributed by atoms with Gasteiger partial charge in [0, 0.05) is 85.2 Å². The highest BCUT2D eigenvalue weighted by molar-refractivity contribution is 5.95. The second-order valence-corrected chi connectivity index (χ2v) is 9.97. The molecule has 0 radical (unpaired) electrons. The number of piperazine rings is 1. The summed E-state index contributed by atoms with van der Waals surface area (Å²) in [4.78, 5) is 12.5. The van der Waals surface area contributed by atoms with Gasteiger partial charge in [-0.25, -0.2) is 14.1 Å². The maximum Gasteiger partial charge on any atom is 0.141 e. The molecule has 0 spiro atoms. The third kappa shape index (κ3) is 6.13.